The second-order valence-corrected chi connectivity index (χ2v) is 5.70. The lowest BCUT2D eigenvalue weighted by atomic mass is 9.99. The summed E-state index contributed by atoms with van der Waals surface area (Å²) in [5.41, 5.74) is 11.1. The Balaban J connectivity index is 1.73. The van der Waals surface area contributed by atoms with Gasteiger partial charge in [0, 0.05) is 38.2 Å². The molecular formula is C16H19N5. The van der Waals surface area contributed by atoms with Crippen LogP contribution in [0.5, 0.6) is 0 Å². The van der Waals surface area contributed by atoms with Gasteiger partial charge in [-0.1, -0.05) is 24.3 Å². The second-order valence-electron chi connectivity index (χ2n) is 5.70. The fourth-order valence-corrected chi connectivity index (χ4v) is 3.28. The summed E-state index contributed by atoms with van der Waals surface area (Å²) in [6, 6.07) is 8.64. The third-order valence-electron chi connectivity index (χ3n) is 4.36. The van der Waals surface area contributed by atoms with Gasteiger partial charge in [0.2, 0.25) is 5.95 Å². The van der Waals surface area contributed by atoms with Gasteiger partial charge in [0.1, 0.15) is 5.82 Å². The Hall–Kier alpha value is -2.14. The molecule has 5 nitrogen and oxygen atoms in total. The fraction of sp³-hybridized carbons (Fsp3) is 0.375. The number of nitrogens with zero attached hydrogens (tertiary/aromatic N) is 3. The minimum absolute atomic E-state index is 0.393. The Labute approximate surface area is 124 Å². The molecule has 0 atom stereocenters. The molecule has 0 radical (unpaired) electrons. The molecule has 0 amide bonds. The lowest BCUT2D eigenvalue weighted by Gasteiger charge is -2.32. The van der Waals surface area contributed by atoms with E-state index < -0.39 is 0 Å². The molecule has 5 heteroatoms. The van der Waals surface area contributed by atoms with Crippen LogP contribution in [0.15, 0.2) is 24.3 Å². The molecule has 4 rings (SSSR count). The Morgan fingerprint density at radius 3 is 2.86 bits per heavy atom. The van der Waals surface area contributed by atoms with E-state index in [0.717, 1.165) is 50.5 Å². The van der Waals surface area contributed by atoms with Crippen LogP contribution in [0.2, 0.25) is 0 Å². The molecule has 2 aromatic rings. The van der Waals surface area contributed by atoms with E-state index in [0.29, 0.717) is 5.95 Å². The fourth-order valence-electron chi connectivity index (χ4n) is 3.28. The monoisotopic (exact) mass is 281 g/mol. The van der Waals surface area contributed by atoms with Crippen LogP contribution in [-0.4, -0.2) is 23.1 Å². The van der Waals surface area contributed by atoms with Crippen LogP contribution < -0.4 is 16.0 Å². The molecule has 2 aliphatic heterocycles. The van der Waals surface area contributed by atoms with Crippen molar-refractivity contribution in [2.24, 2.45) is 0 Å². The van der Waals surface area contributed by atoms with Crippen LogP contribution in [0.3, 0.4) is 0 Å². The summed E-state index contributed by atoms with van der Waals surface area (Å²) in [7, 11) is 0. The molecule has 0 bridgehead atoms. The van der Waals surface area contributed by atoms with E-state index in [4.69, 9.17) is 5.73 Å². The van der Waals surface area contributed by atoms with E-state index in [1.165, 1.54) is 16.7 Å². The summed E-state index contributed by atoms with van der Waals surface area (Å²) < 4.78 is 0. The lowest BCUT2D eigenvalue weighted by Crippen LogP contribution is -2.35. The Morgan fingerprint density at radius 2 is 1.95 bits per heavy atom. The van der Waals surface area contributed by atoms with Crippen molar-refractivity contribution in [3.63, 3.8) is 0 Å². The van der Waals surface area contributed by atoms with Gasteiger partial charge >= 0.3 is 0 Å². The molecule has 21 heavy (non-hydrogen) atoms. The summed E-state index contributed by atoms with van der Waals surface area (Å²) in [6.45, 7) is 3.69. The predicted octanol–water partition coefficient (Wildman–Crippen LogP) is 1.27. The van der Waals surface area contributed by atoms with Gasteiger partial charge in [-0.25, -0.2) is 4.98 Å². The quantitative estimate of drug-likeness (QED) is 0.824. The first kappa shape index (κ1) is 12.6. The molecule has 3 N–H and O–H groups in total. The maximum Gasteiger partial charge on any atom is 0.222 e. The van der Waals surface area contributed by atoms with Gasteiger partial charge in [-0.3, -0.25) is 0 Å². The third-order valence-corrected chi connectivity index (χ3v) is 4.36. The van der Waals surface area contributed by atoms with E-state index >= 15 is 0 Å². The van der Waals surface area contributed by atoms with Crippen LogP contribution in [0.1, 0.15) is 22.4 Å². The topological polar surface area (TPSA) is 67.1 Å². The molecule has 1 aromatic carbocycles. The highest BCUT2D eigenvalue weighted by Gasteiger charge is 2.23. The van der Waals surface area contributed by atoms with Gasteiger partial charge in [0.25, 0.3) is 0 Å². The molecule has 2 aliphatic rings. The molecule has 108 valence electrons. The minimum Gasteiger partial charge on any atom is -0.368 e. The highest BCUT2D eigenvalue weighted by atomic mass is 15.2. The molecule has 0 fully saturated rings. The Kier molecular flexibility index (Phi) is 3.00. The Bertz CT molecular complexity index is 682. The molecule has 3 heterocycles. The van der Waals surface area contributed by atoms with Gasteiger partial charge in [0.05, 0.1) is 5.69 Å². The van der Waals surface area contributed by atoms with Crippen LogP contribution in [0.25, 0.3) is 0 Å². The highest BCUT2D eigenvalue weighted by Crippen LogP contribution is 2.28. The number of hydrogen-bond acceptors (Lipinski definition) is 5. The summed E-state index contributed by atoms with van der Waals surface area (Å²) in [5.74, 6) is 1.41. The van der Waals surface area contributed by atoms with E-state index in [1.54, 1.807) is 0 Å². The van der Waals surface area contributed by atoms with Crippen molar-refractivity contribution in [2.45, 2.75) is 25.9 Å². The second kappa shape index (κ2) is 5.00. The maximum absolute atomic E-state index is 5.91. The summed E-state index contributed by atoms with van der Waals surface area (Å²) in [5, 5.41) is 3.41. The van der Waals surface area contributed by atoms with Crippen molar-refractivity contribution in [2.75, 3.05) is 23.7 Å². The largest absolute Gasteiger partial charge is 0.368 e. The zero-order chi connectivity index (χ0) is 14.2. The number of nitrogens with two attached hydrogens (primary N) is 1. The van der Waals surface area contributed by atoms with Gasteiger partial charge in [-0.2, -0.15) is 4.98 Å². The number of rotatable bonds is 1. The van der Waals surface area contributed by atoms with Crippen LogP contribution in [0, 0.1) is 0 Å². The van der Waals surface area contributed by atoms with Crippen molar-refractivity contribution in [1.82, 2.24) is 15.3 Å². The van der Waals surface area contributed by atoms with E-state index in [9.17, 15) is 0 Å². The number of nitrogen functional groups attached to an aromatic ring is 1. The summed E-state index contributed by atoms with van der Waals surface area (Å²) >= 11 is 0. The lowest BCUT2D eigenvalue weighted by molar-refractivity contribution is 0.617. The van der Waals surface area contributed by atoms with Gasteiger partial charge in [-0.15, -0.1) is 0 Å². The third kappa shape index (κ3) is 2.23. The van der Waals surface area contributed by atoms with E-state index in [2.05, 4.69) is 44.5 Å². The van der Waals surface area contributed by atoms with Gasteiger partial charge < -0.3 is 16.0 Å². The maximum atomic E-state index is 5.91. The minimum atomic E-state index is 0.393. The van der Waals surface area contributed by atoms with Crippen molar-refractivity contribution in [1.29, 1.82) is 0 Å². The first-order valence-corrected chi connectivity index (χ1v) is 7.49. The molecule has 0 spiro atoms. The Morgan fingerprint density at radius 1 is 1.10 bits per heavy atom. The van der Waals surface area contributed by atoms with Crippen molar-refractivity contribution < 1.29 is 0 Å². The van der Waals surface area contributed by atoms with Gasteiger partial charge in [-0.05, 0) is 17.5 Å². The van der Waals surface area contributed by atoms with Crippen molar-refractivity contribution >= 4 is 11.8 Å². The molecule has 0 unspecified atom stereocenters. The number of fused-ring (bicyclic) bond motifs is 2. The average Bonchev–Trinajstić information content (AvgIpc) is 2.53. The standard InChI is InChI=1S/C16H19N5/c17-16-19-14-5-7-18-9-13(14)15(20-16)21-8-6-11-3-1-2-4-12(11)10-21/h1-4,18H,5-10H2,(H2,17,19,20). The molecule has 0 saturated heterocycles. The molecule has 0 saturated carbocycles. The number of aromatic nitrogens is 2. The molecule has 1 aromatic heterocycles. The molecule has 0 aliphatic carbocycles. The number of hydrogen-bond donors (Lipinski definition) is 2. The number of benzene rings is 1. The zero-order valence-corrected chi connectivity index (χ0v) is 12.0. The van der Waals surface area contributed by atoms with E-state index in [1.807, 2.05) is 0 Å². The normalized spacial score (nSPS) is 17.2. The van der Waals surface area contributed by atoms with Crippen LogP contribution in [-0.2, 0) is 25.9 Å². The van der Waals surface area contributed by atoms with Crippen LogP contribution in [0.4, 0.5) is 11.8 Å². The van der Waals surface area contributed by atoms with Crippen LogP contribution >= 0.6 is 0 Å². The molecular weight excluding hydrogens is 262 g/mol. The summed E-state index contributed by atoms with van der Waals surface area (Å²) in [4.78, 5) is 11.3. The number of anilines is 2. The van der Waals surface area contributed by atoms with Crippen molar-refractivity contribution in [3.8, 4) is 0 Å². The van der Waals surface area contributed by atoms with Gasteiger partial charge in [0.15, 0.2) is 0 Å². The smallest absolute Gasteiger partial charge is 0.222 e. The van der Waals surface area contributed by atoms with Crippen molar-refractivity contribution in [3.05, 3.63) is 46.6 Å². The first-order valence-electron chi connectivity index (χ1n) is 7.49. The summed E-state index contributed by atoms with van der Waals surface area (Å²) in [6.07, 6.45) is 1.99. The highest BCUT2D eigenvalue weighted by molar-refractivity contribution is 5.54. The zero-order valence-electron chi connectivity index (χ0n) is 12.0. The predicted molar refractivity (Wildman–Crippen MR) is 83.1 cm³/mol. The SMILES string of the molecule is Nc1nc2c(c(N3CCc4ccccc4C3)n1)CNCC2. The first-order chi connectivity index (χ1) is 10.3. The van der Waals surface area contributed by atoms with E-state index in [-0.39, 0.29) is 0 Å². The average molecular weight is 281 g/mol. The number of nitrogens with one attached hydrogen (secondary N) is 1.